The fourth-order valence-corrected chi connectivity index (χ4v) is 3.03. The Kier molecular flexibility index (Phi) is 4.47. The Balaban J connectivity index is 1.97. The first-order valence-corrected chi connectivity index (χ1v) is 7.94. The summed E-state index contributed by atoms with van der Waals surface area (Å²) in [6.45, 7) is 0.858. The van der Waals surface area contributed by atoms with Crippen LogP contribution in [0.3, 0.4) is 0 Å². The number of aryl methyl sites for hydroxylation is 3. The Hall–Kier alpha value is -1.51. The molecule has 0 fully saturated rings. The fraction of sp³-hybridized carbons (Fsp3) is 0.235. The van der Waals surface area contributed by atoms with E-state index in [1.54, 1.807) is 0 Å². The van der Waals surface area contributed by atoms with Gasteiger partial charge in [-0.2, -0.15) is 0 Å². The van der Waals surface area contributed by atoms with Gasteiger partial charge in [0.05, 0.1) is 16.1 Å². The summed E-state index contributed by atoms with van der Waals surface area (Å²) in [6, 6.07) is 16.3. The fourth-order valence-electron chi connectivity index (χ4n) is 2.59. The minimum Gasteiger partial charge on any atom is -0.326 e. The van der Waals surface area contributed by atoms with Gasteiger partial charge < -0.3 is 4.57 Å². The topological polar surface area (TPSA) is 17.8 Å². The first-order valence-electron chi connectivity index (χ1n) is 7.03. The summed E-state index contributed by atoms with van der Waals surface area (Å²) < 4.78 is 2.20. The van der Waals surface area contributed by atoms with E-state index in [0.717, 1.165) is 41.3 Å². The molecule has 2 aromatic carbocycles. The molecule has 3 aromatic rings. The molecule has 0 aliphatic rings. The lowest BCUT2D eigenvalue weighted by Crippen LogP contribution is -2.07. The maximum Gasteiger partial charge on any atom is 0.111 e. The average molecular weight is 319 g/mol. The zero-order valence-electron chi connectivity index (χ0n) is 11.6. The Labute approximate surface area is 134 Å². The van der Waals surface area contributed by atoms with Crippen LogP contribution in [-0.2, 0) is 19.4 Å². The maximum absolute atomic E-state index is 6.36. The van der Waals surface area contributed by atoms with Gasteiger partial charge in [-0.1, -0.05) is 48.0 Å². The van der Waals surface area contributed by atoms with Crippen LogP contribution in [0.4, 0.5) is 0 Å². The van der Waals surface area contributed by atoms with Crippen molar-refractivity contribution in [3.8, 4) is 0 Å². The molecule has 21 heavy (non-hydrogen) atoms. The first kappa shape index (κ1) is 14.4. The van der Waals surface area contributed by atoms with E-state index < -0.39 is 0 Å². The van der Waals surface area contributed by atoms with Gasteiger partial charge in [-0.3, -0.25) is 0 Å². The molecule has 0 atom stereocenters. The van der Waals surface area contributed by atoms with Crippen molar-refractivity contribution in [3.63, 3.8) is 0 Å². The highest BCUT2D eigenvalue weighted by molar-refractivity contribution is 6.35. The molecule has 0 N–H and O–H groups in total. The molecule has 0 aliphatic heterocycles. The third-order valence-corrected chi connectivity index (χ3v) is 4.08. The SMILES string of the molecule is ClCCc1nc2cccc(Cl)c2n1CCc1ccccc1. The normalized spacial score (nSPS) is 11.1. The van der Waals surface area contributed by atoms with Crippen LogP contribution in [-0.4, -0.2) is 15.4 Å². The van der Waals surface area contributed by atoms with Gasteiger partial charge in [0.15, 0.2) is 0 Å². The molecule has 0 amide bonds. The molecule has 3 rings (SSSR count). The highest BCUT2D eigenvalue weighted by Crippen LogP contribution is 2.25. The third kappa shape index (κ3) is 3.07. The Morgan fingerprint density at radius 3 is 2.52 bits per heavy atom. The number of halogens is 2. The molecular weight excluding hydrogens is 303 g/mol. The molecule has 0 saturated carbocycles. The summed E-state index contributed by atoms with van der Waals surface area (Å²) in [4.78, 5) is 4.67. The first-order chi connectivity index (χ1) is 10.3. The van der Waals surface area contributed by atoms with Crippen molar-refractivity contribution in [2.24, 2.45) is 0 Å². The van der Waals surface area contributed by atoms with Crippen LogP contribution in [0, 0.1) is 0 Å². The van der Waals surface area contributed by atoms with Crippen LogP contribution in [0.5, 0.6) is 0 Å². The summed E-state index contributed by atoms with van der Waals surface area (Å²) in [7, 11) is 0. The van der Waals surface area contributed by atoms with Crippen LogP contribution in [0.1, 0.15) is 11.4 Å². The second kappa shape index (κ2) is 6.50. The number of hydrogen-bond donors (Lipinski definition) is 0. The molecule has 0 bridgehead atoms. The highest BCUT2D eigenvalue weighted by atomic mass is 35.5. The van der Waals surface area contributed by atoms with Crippen molar-refractivity contribution in [1.82, 2.24) is 9.55 Å². The molecule has 0 saturated heterocycles. The lowest BCUT2D eigenvalue weighted by Gasteiger charge is -2.09. The van der Waals surface area contributed by atoms with Crippen molar-refractivity contribution < 1.29 is 0 Å². The Morgan fingerprint density at radius 1 is 0.952 bits per heavy atom. The van der Waals surface area contributed by atoms with E-state index in [-0.39, 0.29) is 0 Å². The minimum absolute atomic E-state index is 0.562. The van der Waals surface area contributed by atoms with Crippen LogP contribution >= 0.6 is 23.2 Å². The van der Waals surface area contributed by atoms with Crippen LogP contribution < -0.4 is 0 Å². The predicted molar refractivity (Wildman–Crippen MR) is 89.3 cm³/mol. The van der Waals surface area contributed by atoms with Gasteiger partial charge >= 0.3 is 0 Å². The number of fused-ring (bicyclic) bond motifs is 1. The minimum atomic E-state index is 0.562. The van der Waals surface area contributed by atoms with Gasteiger partial charge in [-0.05, 0) is 24.1 Å². The van der Waals surface area contributed by atoms with Crippen LogP contribution in [0.25, 0.3) is 11.0 Å². The van der Waals surface area contributed by atoms with E-state index in [9.17, 15) is 0 Å². The second-order valence-corrected chi connectivity index (χ2v) is 5.75. The Bertz CT molecular complexity index is 735. The van der Waals surface area contributed by atoms with Crippen molar-refractivity contribution >= 4 is 34.2 Å². The van der Waals surface area contributed by atoms with E-state index in [1.165, 1.54) is 5.56 Å². The number of benzene rings is 2. The molecular formula is C17H16Cl2N2. The molecule has 0 spiro atoms. The van der Waals surface area contributed by atoms with E-state index in [4.69, 9.17) is 23.2 Å². The monoisotopic (exact) mass is 318 g/mol. The molecule has 0 aliphatic carbocycles. The zero-order valence-corrected chi connectivity index (χ0v) is 13.1. The van der Waals surface area contributed by atoms with E-state index in [2.05, 4.69) is 33.8 Å². The largest absolute Gasteiger partial charge is 0.326 e. The Morgan fingerprint density at radius 2 is 1.76 bits per heavy atom. The van der Waals surface area contributed by atoms with Crippen molar-refractivity contribution in [2.75, 3.05) is 5.88 Å². The van der Waals surface area contributed by atoms with Crippen LogP contribution in [0.2, 0.25) is 5.02 Å². The molecule has 0 unspecified atom stereocenters. The van der Waals surface area contributed by atoms with E-state index in [1.807, 2.05) is 24.3 Å². The summed E-state index contributed by atoms with van der Waals surface area (Å²) >= 11 is 12.3. The van der Waals surface area contributed by atoms with E-state index >= 15 is 0 Å². The maximum atomic E-state index is 6.36. The number of aromatic nitrogens is 2. The lowest BCUT2D eigenvalue weighted by atomic mass is 10.1. The van der Waals surface area contributed by atoms with Gasteiger partial charge in [0, 0.05) is 18.8 Å². The summed E-state index contributed by atoms with van der Waals surface area (Å²) in [6.07, 6.45) is 1.70. The average Bonchev–Trinajstić information content (AvgIpc) is 2.85. The van der Waals surface area contributed by atoms with Crippen LogP contribution in [0.15, 0.2) is 48.5 Å². The van der Waals surface area contributed by atoms with Crippen molar-refractivity contribution in [1.29, 1.82) is 0 Å². The van der Waals surface area contributed by atoms with Gasteiger partial charge in [0.25, 0.3) is 0 Å². The van der Waals surface area contributed by atoms with Crippen molar-refractivity contribution in [3.05, 3.63) is 64.9 Å². The number of imidazole rings is 1. The van der Waals surface area contributed by atoms with Gasteiger partial charge in [0.2, 0.25) is 0 Å². The molecule has 0 radical (unpaired) electrons. The number of para-hydroxylation sites is 1. The quantitative estimate of drug-likeness (QED) is 0.623. The third-order valence-electron chi connectivity index (χ3n) is 3.58. The number of alkyl halides is 1. The van der Waals surface area contributed by atoms with Gasteiger partial charge in [-0.15, -0.1) is 11.6 Å². The summed E-state index contributed by atoms with van der Waals surface area (Å²) in [5.41, 5.74) is 3.26. The smallest absolute Gasteiger partial charge is 0.111 e. The number of nitrogens with zero attached hydrogens (tertiary/aromatic N) is 2. The number of hydrogen-bond acceptors (Lipinski definition) is 1. The number of rotatable bonds is 5. The highest BCUT2D eigenvalue weighted by Gasteiger charge is 2.12. The molecule has 108 valence electrons. The molecule has 4 heteroatoms. The predicted octanol–water partition coefficient (Wildman–Crippen LogP) is 4.71. The molecule has 1 heterocycles. The van der Waals surface area contributed by atoms with Gasteiger partial charge in [0.1, 0.15) is 5.82 Å². The summed E-state index contributed by atoms with van der Waals surface area (Å²) in [5, 5.41) is 0.744. The standard InChI is InChI=1S/C17H16Cl2N2/c18-11-9-16-20-15-8-4-7-14(19)17(15)21(16)12-10-13-5-2-1-3-6-13/h1-8H,9-12H2. The summed E-state index contributed by atoms with van der Waals surface area (Å²) in [5.74, 6) is 1.57. The zero-order chi connectivity index (χ0) is 14.7. The lowest BCUT2D eigenvalue weighted by molar-refractivity contribution is 0.675. The van der Waals surface area contributed by atoms with Gasteiger partial charge in [-0.25, -0.2) is 4.98 Å². The molecule has 1 aromatic heterocycles. The molecule has 2 nitrogen and oxygen atoms in total. The van der Waals surface area contributed by atoms with E-state index in [0.29, 0.717) is 5.88 Å². The van der Waals surface area contributed by atoms with Crippen molar-refractivity contribution in [2.45, 2.75) is 19.4 Å². The second-order valence-electron chi connectivity index (χ2n) is 4.96.